The summed E-state index contributed by atoms with van der Waals surface area (Å²) in [6.45, 7) is 5.46. The number of nitrogens with two attached hydrogens (primary N) is 1. The number of anilines is 2. The fraction of sp³-hybridized carbons (Fsp3) is 0.455. The summed E-state index contributed by atoms with van der Waals surface area (Å²) >= 11 is 0. The zero-order valence-electron chi connectivity index (χ0n) is 10.0. The van der Waals surface area contributed by atoms with E-state index < -0.39 is 11.7 Å². The lowest BCUT2D eigenvalue weighted by atomic mass is 10.2. The second kappa shape index (κ2) is 4.38. The number of hydrogen-bond donors (Lipinski definition) is 1. The van der Waals surface area contributed by atoms with Gasteiger partial charge in [0.25, 0.3) is 0 Å². The average Bonchev–Trinajstić information content (AvgIpc) is 2.15. The minimum absolute atomic E-state index is 0.418. The second-order valence-corrected chi connectivity index (χ2v) is 4.48. The molecule has 5 nitrogen and oxygen atoms in total. The van der Waals surface area contributed by atoms with Gasteiger partial charge < -0.3 is 10.5 Å². The van der Waals surface area contributed by atoms with Gasteiger partial charge in [-0.15, -0.1) is 0 Å². The second-order valence-electron chi connectivity index (χ2n) is 4.48. The maximum atomic E-state index is 11.7. The van der Waals surface area contributed by atoms with Crippen LogP contribution < -0.4 is 10.6 Å². The molecule has 0 bridgehead atoms. The van der Waals surface area contributed by atoms with Crippen LogP contribution in [0.2, 0.25) is 0 Å². The molecule has 0 aliphatic heterocycles. The molecule has 0 fully saturated rings. The van der Waals surface area contributed by atoms with Gasteiger partial charge in [-0.3, -0.25) is 4.90 Å². The first-order valence-electron chi connectivity index (χ1n) is 4.98. The van der Waals surface area contributed by atoms with Gasteiger partial charge in [-0.1, -0.05) is 0 Å². The fourth-order valence-electron chi connectivity index (χ4n) is 1.03. The number of nitrogen functional groups attached to an aromatic ring is 1. The quantitative estimate of drug-likeness (QED) is 0.791. The number of carbonyl (C=O) groups excluding carboxylic acids is 1. The first-order chi connectivity index (χ1) is 7.29. The third-order valence-corrected chi connectivity index (χ3v) is 1.83. The Bertz CT molecular complexity index is 368. The average molecular weight is 223 g/mol. The van der Waals surface area contributed by atoms with Gasteiger partial charge in [-0.25, -0.2) is 9.78 Å². The number of amides is 1. The molecule has 0 saturated heterocycles. The van der Waals surface area contributed by atoms with Gasteiger partial charge in [0, 0.05) is 7.05 Å². The van der Waals surface area contributed by atoms with Crippen molar-refractivity contribution in [2.24, 2.45) is 0 Å². The zero-order chi connectivity index (χ0) is 12.3. The fourth-order valence-corrected chi connectivity index (χ4v) is 1.03. The Morgan fingerprint density at radius 3 is 2.50 bits per heavy atom. The van der Waals surface area contributed by atoms with Gasteiger partial charge in [0.2, 0.25) is 0 Å². The van der Waals surface area contributed by atoms with Gasteiger partial charge in [-0.2, -0.15) is 0 Å². The van der Waals surface area contributed by atoms with Crippen LogP contribution in [0.4, 0.5) is 16.3 Å². The van der Waals surface area contributed by atoms with Crippen LogP contribution in [0.1, 0.15) is 20.8 Å². The first kappa shape index (κ1) is 12.3. The maximum Gasteiger partial charge on any atom is 0.414 e. The molecule has 1 aromatic heterocycles. The number of ether oxygens (including phenoxy) is 1. The van der Waals surface area contributed by atoms with Crippen LogP contribution in [0.25, 0.3) is 0 Å². The highest BCUT2D eigenvalue weighted by molar-refractivity contribution is 5.87. The summed E-state index contributed by atoms with van der Waals surface area (Å²) in [5.41, 5.74) is 5.59. The van der Waals surface area contributed by atoms with Crippen molar-refractivity contribution >= 4 is 17.6 Å². The number of aromatic nitrogens is 1. The molecule has 2 N–H and O–H groups in total. The molecule has 0 aliphatic rings. The third-order valence-electron chi connectivity index (χ3n) is 1.83. The largest absolute Gasteiger partial charge is 0.443 e. The molecule has 1 aromatic rings. The smallest absolute Gasteiger partial charge is 0.414 e. The van der Waals surface area contributed by atoms with E-state index in [1.807, 2.05) is 20.8 Å². The molecule has 1 heterocycles. The Morgan fingerprint density at radius 1 is 1.44 bits per heavy atom. The van der Waals surface area contributed by atoms with E-state index in [9.17, 15) is 4.79 Å². The number of carbonyl (C=O) groups is 1. The summed E-state index contributed by atoms with van der Waals surface area (Å²) in [4.78, 5) is 17.0. The summed E-state index contributed by atoms with van der Waals surface area (Å²) in [5.74, 6) is 0.418. The van der Waals surface area contributed by atoms with E-state index in [4.69, 9.17) is 10.5 Å². The molecule has 0 atom stereocenters. The standard InChI is InChI=1S/C11H17N3O2/c1-11(2,3)16-10(15)14(4)8-5-6-9(12)13-7-8/h5-7H,1-4H3,(H2,12,13). The minimum Gasteiger partial charge on any atom is -0.443 e. The highest BCUT2D eigenvalue weighted by Crippen LogP contribution is 2.16. The molecular formula is C11H17N3O2. The summed E-state index contributed by atoms with van der Waals surface area (Å²) < 4.78 is 5.21. The van der Waals surface area contributed by atoms with E-state index >= 15 is 0 Å². The van der Waals surface area contributed by atoms with Gasteiger partial charge in [-0.05, 0) is 32.9 Å². The molecule has 1 amide bonds. The Morgan fingerprint density at radius 2 is 2.06 bits per heavy atom. The maximum absolute atomic E-state index is 11.7. The number of pyridine rings is 1. The lowest BCUT2D eigenvalue weighted by molar-refractivity contribution is 0.0589. The summed E-state index contributed by atoms with van der Waals surface area (Å²) in [5, 5.41) is 0. The lowest BCUT2D eigenvalue weighted by Gasteiger charge is -2.24. The van der Waals surface area contributed by atoms with Gasteiger partial charge in [0.15, 0.2) is 0 Å². The highest BCUT2D eigenvalue weighted by Gasteiger charge is 2.20. The summed E-state index contributed by atoms with van der Waals surface area (Å²) in [6, 6.07) is 3.35. The van der Waals surface area contributed by atoms with E-state index in [2.05, 4.69) is 4.98 Å². The van der Waals surface area contributed by atoms with Crippen molar-refractivity contribution in [1.29, 1.82) is 0 Å². The molecule has 0 aromatic carbocycles. The minimum atomic E-state index is -0.507. The first-order valence-corrected chi connectivity index (χ1v) is 4.98. The van der Waals surface area contributed by atoms with E-state index in [0.717, 1.165) is 0 Å². The van der Waals surface area contributed by atoms with Crippen molar-refractivity contribution in [2.75, 3.05) is 17.7 Å². The van der Waals surface area contributed by atoms with Crippen molar-refractivity contribution in [2.45, 2.75) is 26.4 Å². The van der Waals surface area contributed by atoms with Crippen LogP contribution in [0.3, 0.4) is 0 Å². The van der Waals surface area contributed by atoms with Gasteiger partial charge in [0.05, 0.1) is 11.9 Å². The Labute approximate surface area is 95.2 Å². The number of rotatable bonds is 1. The number of nitrogens with zero attached hydrogens (tertiary/aromatic N) is 2. The molecule has 0 radical (unpaired) electrons. The van der Waals surface area contributed by atoms with Crippen LogP contribution in [-0.2, 0) is 4.74 Å². The molecule has 16 heavy (non-hydrogen) atoms. The Balaban J connectivity index is 2.74. The normalized spacial score (nSPS) is 11.0. The van der Waals surface area contributed by atoms with Crippen molar-refractivity contribution in [1.82, 2.24) is 4.98 Å². The predicted molar refractivity (Wildman–Crippen MR) is 63.3 cm³/mol. The number of hydrogen-bond acceptors (Lipinski definition) is 4. The van der Waals surface area contributed by atoms with E-state index in [0.29, 0.717) is 11.5 Å². The molecule has 0 saturated carbocycles. The van der Waals surface area contributed by atoms with Crippen LogP contribution >= 0.6 is 0 Å². The van der Waals surface area contributed by atoms with E-state index in [-0.39, 0.29) is 0 Å². The highest BCUT2D eigenvalue weighted by atomic mass is 16.6. The molecule has 88 valence electrons. The van der Waals surface area contributed by atoms with Crippen molar-refractivity contribution in [3.63, 3.8) is 0 Å². The van der Waals surface area contributed by atoms with Crippen molar-refractivity contribution < 1.29 is 9.53 Å². The Kier molecular flexibility index (Phi) is 3.37. The molecule has 1 rings (SSSR count). The van der Waals surface area contributed by atoms with Crippen LogP contribution in [-0.4, -0.2) is 23.7 Å². The van der Waals surface area contributed by atoms with E-state index in [1.54, 1.807) is 19.2 Å². The monoisotopic (exact) mass is 223 g/mol. The summed E-state index contributed by atoms with van der Waals surface area (Å²) in [6.07, 6.45) is 1.11. The van der Waals surface area contributed by atoms with Crippen LogP contribution in [0.5, 0.6) is 0 Å². The topological polar surface area (TPSA) is 68.5 Å². The van der Waals surface area contributed by atoms with Gasteiger partial charge >= 0.3 is 6.09 Å². The molecule has 0 aliphatic carbocycles. The third kappa shape index (κ3) is 3.42. The molecule has 0 spiro atoms. The molecular weight excluding hydrogens is 206 g/mol. The summed E-state index contributed by atoms with van der Waals surface area (Å²) in [7, 11) is 1.63. The predicted octanol–water partition coefficient (Wildman–Crippen LogP) is 2.04. The van der Waals surface area contributed by atoms with Crippen LogP contribution in [0, 0.1) is 0 Å². The van der Waals surface area contributed by atoms with Crippen molar-refractivity contribution in [3.05, 3.63) is 18.3 Å². The van der Waals surface area contributed by atoms with Crippen LogP contribution in [0.15, 0.2) is 18.3 Å². The van der Waals surface area contributed by atoms with E-state index in [1.165, 1.54) is 11.1 Å². The Hall–Kier alpha value is -1.78. The lowest BCUT2D eigenvalue weighted by Crippen LogP contribution is -2.34. The van der Waals surface area contributed by atoms with Crippen molar-refractivity contribution in [3.8, 4) is 0 Å². The SMILES string of the molecule is CN(C(=O)OC(C)(C)C)c1ccc(N)nc1. The zero-order valence-corrected chi connectivity index (χ0v) is 10.0. The van der Waals surface area contributed by atoms with Gasteiger partial charge in [0.1, 0.15) is 11.4 Å². The molecule has 5 heteroatoms. The molecule has 0 unspecified atom stereocenters.